The monoisotopic (exact) mass is 416 g/mol. The molecular formula is C23H33ClN2OSi. The minimum absolute atomic E-state index is 0.201. The number of hydrogen-bond acceptors (Lipinski definition) is 3. The van der Waals surface area contributed by atoms with Gasteiger partial charge in [-0.25, -0.2) is 0 Å². The molecule has 3 nitrogen and oxygen atoms in total. The molecule has 2 heterocycles. The Morgan fingerprint density at radius 1 is 1.14 bits per heavy atom. The molecule has 0 radical (unpaired) electrons. The smallest absolute Gasteiger partial charge is 0.192 e. The van der Waals surface area contributed by atoms with Crippen LogP contribution in [0.25, 0.3) is 0 Å². The summed E-state index contributed by atoms with van der Waals surface area (Å²) in [6.07, 6.45) is 4.15. The van der Waals surface area contributed by atoms with Crippen molar-refractivity contribution in [2.45, 2.75) is 64.3 Å². The fourth-order valence-electron chi connectivity index (χ4n) is 3.49. The van der Waals surface area contributed by atoms with Crippen LogP contribution >= 0.6 is 11.6 Å². The maximum absolute atomic E-state index is 6.50. The number of halogens is 1. The molecule has 0 aliphatic carbocycles. The third-order valence-electron chi connectivity index (χ3n) is 6.38. The molecule has 0 spiro atoms. The molecule has 0 unspecified atom stereocenters. The summed E-state index contributed by atoms with van der Waals surface area (Å²) in [7, 11) is -1.80. The highest BCUT2D eigenvalue weighted by molar-refractivity contribution is 6.74. The Labute approximate surface area is 176 Å². The van der Waals surface area contributed by atoms with Crippen molar-refractivity contribution >= 4 is 25.6 Å². The highest BCUT2D eigenvalue weighted by atomic mass is 35.5. The molecule has 2 aromatic rings. The van der Waals surface area contributed by atoms with Crippen LogP contribution < -0.4 is 4.90 Å². The highest BCUT2D eigenvalue weighted by Crippen LogP contribution is 2.38. The number of benzene rings is 1. The second kappa shape index (κ2) is 8.56. The zero-order valence-corrected chi connectivity index (χ0v) is 19.6. The Hall–Kier alpha value is -1.36. The van der Waals surface area contributed by atoms with E-state index in [0.29, 0.717) is 12.5 Å². The van der Waals surface area contributed by atoms with Crippen molar-refractivity contribution < 1.29 is 4.43 Å². The zero-order valence-electron chi connectivity index (χ0n) is 17.8. The molecule has 5 heteroatoms. The molecule has 0 atom stereocenters. The third-order valence-corrected chi connectivity index (χ3v) is 11.1. The molecule has 1 aliphatic heterocycles. The average molecular weight is 417 g/mol. The Bertz CT molecular complexity index is 781. The molecule has 1 saturated heterocycles. The summed E-state index contributed by atoms with van der Waals surface area (Å²) in [5.74, 6) is 0.552. The first-order chi connectivity index (χ1) is 13.2. The Balaban J connectivity index is 1.71. The molecule has 1 aromatic carbocycles. The minimum Gasteiger partial charge on any atom is -0.412 e. The number of piperidine rings is 1. The van der Waals surface area contributed by atoms with Crippen molar-refractivity contribution in [3.05, 3.63) is 58.9 Å². The van der Waals surface area contributed by atoms with Gasteiger partial charge in [0.2, 0.25) is 0 Å². The van der Waals surface area contributed by atoms with Crippen molar-refractivity contribution in [1.82, 2.24) is 4.98 Å². The van der Waals surface area contributed by atoms with E-state index in [1.54, 1.807) is 0 Å². The first-order valence-corrected chi connectivity index (χ1v) is 13.5. The first-order valence-electron chi connectivity index (χ1n) is 10.3. The van der Waals surface area contributed by atoms with Crippen LogP contribution in [0.4, 0.5) is 5.69 Å². The maximum atomic E-state index is 6.50. The molecular weight excluding hydrogens is 384 g/mol. The van der Waals surface area contributed by atoms with Gasteiger partial charge in [-0.1, -0.05) is 38.4 Å². The summed E-state index contributed by atoms with van der Waals surface area (Å²) in [4.78, 5) is 7.04. The van der Waals surface area contributed by atoms with E-state index in [0.717, 1.165) is 31.0 Å². The Morgan fingerprint density at radius 2 is 1.86 bits per heavy atom. The van der Waals surface area contributed by atoms with Gasteiger partial charge in [0.05, 0.1) is 6.61 Å². The maximum Gasteiger partial charge on any atom is 0.192 e. The number of hydrogen-bond donors (Lipinski definition) is 0. The number of aromatic nitrogens is 1. The van der Waals surface area contributed by atoms with Gasteiger partial charge in [0.25, 0.3) is 0 Å². The second-order valence-electron chi connectivity index (χ2n) is 9.34. The van der Waals surface area contributed by atoms with E-state index in [1.165, 1.54) is 16.9 Å². The molecule has 1 fully saturated rings. The zero-order chi connectivity index (χ0) is 20.4. The number of pyridine rings is 1. The van der Waals surface area contributed by atoms with E-state index in [-0.39, 0.29) is 5.04 Å². The van der Waals surface area contributed by atoms with Crippen LogP contribution in [0.3, 0.4) is 0 Å². The summed E-state index contributed by atoms with van der Waals surface area (Å²) >= 11 is 6.33. The van der Waals surface area contributed by atoms with Crippen LogP contribution in [-0.4, -0.2) is 26.4 Å². The lowest BCUT2D eigenvalue weighted by molar-refractivity contribution is 0.276. The molecule has 0 saturated carbocycles. The largest absolute Gasteiger partial charge is 0.412 e. The summed E-state index contributed by atoms with van der Waals surface area (Å²) in [6.45, 7) is 14.1. The predicted molar refractivity (Wildman–Crippen MR) is 122 cm³/mol. The van der Waals surface area contributed by atoms with Gasteiger partial charge in [-0.2, -0.15) is 0 Å². The van der Waals surface area contributed by atoms with E-state index in [2.05, 4.69) is 68.0 Å². The van der Waals surface area contributed by atoms with Gasteiger partial charge in [0.15, 0.2) is 8.32 Å². The molecule has 0 N–H and O–H groups in total. The number of rotatable bonds is 5. The average Bonchev–Trinajstić information content (AvgIpc) is 2.66. The van der Waals surface area contributed by atoms with Crippen molar-refractivity contribution in [3.63, 3.8) is 0 Å². The lowest BCUT2D eigenvalue weighted by Gasteiger charge is -2.37. The van der Waals surface area contributed by atoms with Crippen LogP contribution in [0.5, 0.6) is 0 Å². The van der Waals surface area contributed by atoms with E-state index >= 15 is 0 Å². The van der Waals surface area contributed by atoms with Crippen molar-refractivity contribution in [3.8, 4) is 0 Å². The Morgan fingerprint density at radius 3 is 2.46 bits per heavy atom. The molecule has 1 aliphatic rings. The topological polar surface area (TPSA) is 25.4 Å². The summed E-state index contributed by atoms with van der Waals surface area (Å²) in [6, 6.07) is 12.5. The Kier molecular flexibility index (Phi) is 6.53. The highest BCUT2D eigenvalue weighted by Gasteiger charge is 2.37. The van der Waals surface area contributed by atoms with Gasteiger partial charge in [0, 0.05) is 47.2 Å². The van der Waals surface area contributed by atoms with Crippen molar-refractivity contribution in [2.24, 2.45) is 0 Å². The number of anilines is 1. The van der Waals surface area contributed by atoms with E-state index in [1.807, 2.05) is 18.3 Å². The van der Waals surface area contributed by atoms with E-state index in [9.17, 15) is 0 Å². The predicted octanol–water partition coefficient (Wildman–Crippen LogP) is 6.64. The van der Waals surface area contributed by atoms with E-state index in [4.69, 9.17) is 16.0 Å². The quantitative estimate of drug-likeness (QED) is 0.510. The molecule has 0 bridgehead atoms. The van der Waals surface area contributed by atoms with Gasteiger partial charge < -0.3 is 9.33 Å². The second-order valence-corrected chi connectivity index (χ2v) is 14.6. The SMILES string of the molecule is CC(C)(C)[Si](C)(C)OCc1cc(Cl)ccc1N1CCC(c2ccccn2)CC1. The molecule has 28 heavy (non-hydrogen) atoms. The van der Waals surface area contributed by atoms with Crippen molar-refractivity contribution in [2.75, 3.05) is 18.0 Å². The first kappa shape index (κ1) is 21.3. The van der Waals surface area contributed by atoms with Crippen LogP contribution in [-0.2, 0) is 11.0 Å². The van der Waals surface area contributed by atoms with Crippen LogP contribution in [0.15, 0.2) is 42.6 Å². The van der Waals surface area contributed by atoms with Gasteiger partial charge in [-0.15, -0.1) is 0 Å². The van der Waals surface area contributed by atoms with E-state index < -0.39 is 8.32 Å². The lowest BCUT2D eigenvalue weighted by Crippen LogP contribution is -2.40. The van der Waals surface area contributed by atoms with Gasteiger partial charge in [0.1, 0.15) is 0 Å². The molecule has 152 valence electrons. The summed E-state index contributed by atoms with van der Waals surface area (Å²) < 4.78 is 6.50. The minimum atomic E-state index is -1.80. The summed E-state index contributed by atoms with van der Waals surface area (Å²) in [5, 5.41) is 0.980. The lowest BCUT2D eigenvalue weighted by atomic mass is 9.92. The van der Waals surface area contributed by atoms with Crippen LogP contribution in [0, 0.1) is 0 Å². The standard InChI is InChI=1S/C23H33ClN2OSi/c1-23(2,3)28(4,5)27-17-19-16-20(24)9-10-22(19)26-14-11-18(12-15-26)21-8-6-7-13-25-21/h6-10,13,16,18H,11-12,14-15,17H2,1-5H3. The summed E-state index contributed by atoms with van der Waals surface area (Å²) in [5.41, 5.74) is 3.69. The molecule has 1 aromatic heterocycles. The fraction of sp³-hybridized carbons (Fsp3) is 0.522. The van der Waals surface area contributed by atoms with Gasteiger partial charge in [-0.3, -0.25) is 4.98 Å². The third kappa shape index (κ3) is 4.97. The normalized spacial score (nSPS) is 16.4. The van der Waals surface area contributed by atoms with Gasteiger partial charge >= 0.3 is 0 Å². The number of nitrogens with zero attached hydrogens (tertiary/aromatic N) is 2. The van der Waals surface area contributed by atoms with Gasteiger partial charge in [-0.05, 0) is 61.3 Å². The molecule has 0 amide bonds. The van der Waals surface area contributed by atoms with Crippen molar-refractivity contribution in [1.29, 1.82) is 0 Å². The fourth-order valence-corrected chi connectivity index (χ4v) is 4.63. The van der Waals surface area contributed by atoms with Crippen LogP contribution in [0.2, 0.25) is 23.2 Å². The molecule has 3 rings (SSSR count). The van der Waals surface area contributed by atoms with Crippen LogP contribution in [0.1, 0.15) is 50.8 Å².